The SMILES string of the molecule is Nc1ccc(N)c(N2C(=O)c3ccccc3C2=O)c1. The van der Waals surface area contributed by atoms with Crippen LogP contribution in [0, 0.1) is 0 Å². The van der Waals surface area contributed by atoms with E-state index in [1.54, 1.807) is 36.4 Å². The van der Waals surface area contributed by atoms with Gasteiger partial charge in [-0.1, -0.05) is 12.1 Å². The van der Waals surface area contributed by atoms with Crippen LogP contribution in [0.4, 0.5) is 17.1 Å². The minimum Gasteiger partial charge on any atom is -0.399 e. The van der Waals surface area contributed by atoms with E-state index in [0.29, 0.717) is 28.2 Å². The lowest BCUT2D eigenvalue weighted by Gasteiger charge is -2.16. The minimum atomic E-state index is -0.377. The van der Waals surface area contributed by atoms with Crippen LogP contribution in [0.3, 0.4) is 0 Å². The van der Waals surface area contributed by atoms with Gasteiger partial charge in [0.25, 0.3) is 11.8 Å². The summed E-state index contributed by atoms with van der Waals surface area (Å²) in [5.74, 6) is -0.754. The Labute approximate surface area is 109 Å². The number of nitrogens with zero attached hydrogens (tertiary/aromatic N) is 1. The molecule has 5 heteroatoms. The van der Waals surface area contributed by atoms with Crippen molar-refractivity contribution in [1.29, 1.82) is 0 Å². The molecule has 19 heavy (non-hydrogen) atoms. The summed E-state index contributed by atoms with van der Waals surface area (Å²) in [6.07, 6.45) is 0. The van der Waals surface area contributed by atoms with Crippen LogP contribution in [0.25, 0.3) is 0 Å². The molecular formula is C14H11N3O2. The van der Waals surface area contributed by atoms with Crippen molar-refractivity contribution < 1.29 is 9.59 Å². The molecule has 0 fully saturated rings. The maximum Gasteiger partial charge on any atom is 0.266 e. The smallest absolute Gasteiger partial charge is 0.266 e. The van der Waals surface area contributed by atoms with Gasteiger partial charge in [0.15, 0.2) is 0 Å². The number of carbonyl (C=O) groups is 2. The first-order valence-electron chi connectivity index (χ1n) is 5.72. The van der Waals surface area contributed by atoms with Crippen molar-refractivity contribution in [3.63, 3.8) is 0 Å². The van der Waals surface area contributed by atoms with Crippen LogP contribution in [0.5, 0.6) is 0 Å². The fraction of sp³-hybridized carbons (Fsp3) is 0. The van der Waals surface area contributed by atoms with Gasteiger partial charge in [-0.3, -0.25) is 9.59 Å². The third-order valence-electron chi connectivity index (χ3n) is 3.09. The topological polar surface area (TPSA) is 89.4 Å². The molecule has 0 bridgehead atoms. The molecule has 0 unspecified atom stereocenters. The van der Waals surface area contributed by atoms with Gasteiger partial charge in [0.05, 0.1) is 22.5 Å². The first kappa shape index (κ1) is 11.3. The summed E-state index contributed by atoms with van der Waals surface area (Å²) in [5, 5.41) is 0. The summed E-state index contributed by atoms with van der Waals surface area (Å²) >= 11 is 0. The molecule has 1 aliphatic heterocycles. The van der Waals surface area contributed by atoms with Crippen LogP contribution < -0.4 is 16.4 Å². The molecule has 0 spiro atoms. The molecule has 3 rings (SSSR count). The second kappa shape index (κ2) is 3.84. The molecule has 4 N–H and O–H groups in total. The average Bonchev–Trinajstić information content (AvgIpc) is 2.66. The van der Waals surface area contributed by atoms with E-state index in [1.165, 1.54) is 6.07 Å². The molecule has 0 aromatic heterocycles. The lowest BCUT2D eigenvalue weighted by molar-refractivity contribution is 0.0926. The number of hydrogen-bond donors (Lipinski definition) is 2. The van der Waals surface area contributed by atoms with E-state index >= 15 is 0 Å². The zero-order valence-electron chi connectivity index (χ0n) is 9.96. The van der Waals surface area contributed by atoms with E-state index in [-0.39, 0.29) is 11.8 Å². The number of benzene rings is 2. The average molecular weight is 253 g/mol. The number of carbonyl (C=O) groups excluding carboxylic acids is 2. The summed E-state index contributed by atoms with van der Waals surface area (Å²) in [4.78, 5) is 25.6. The van der Waals surface area contributed by atoms with Gasteiger partial charge in [0, 0.05) is 5.69 Å². The number of rotatable bonds is 1. The van der Waals surface area contributed by atoms with Gasteiger partial charge >= 0.3 is 0 Å². The Balaban J connectivity index is 2.17. The predicted molar refractivity (Wildman–Crippen MR) is 72.8 cm³/mol. The highest BCUT2D eigenvalue weighted by Gasteiger charge is 2.37. The molecule has 0 aliphatic carbocycles. The van der Waals surface area contributed by atoms with Gasteiger partial charge in [-0.05, 0) is 30.3 Å². The fourth-order valence-corrected chi connectivity index (χ4v) is 2.16. The normalized spacial score (nSPS) is 13.8. The predicted octanol–water partition coefficient (Wildman–Crippen LogP) is 1.65. The molecule has 1 heterocycles. The first-order chi connectivity index (χ1) is 9.09. The van der Waals surface area contributed by atoms with Gasteiger partial charge in [-0.2, -0.15) is 0 Å². The summed E-state index contributed by atoms with van der Waals surface area (Å²) in [6.45, 7) is 0. The third-order valence-corrected chi connectivity index (χ3v) is 3.09. The van der Waals surface area contributed by atoms with Crippen LogP contribution in [-0.2, 0) is 0 Å². The van der Waals surface area contributed by atoms with Crippen molar-refractivity contribution in [2.75, 3.05) is 16.4 Å². The Bertz CT molecular complexity index is 675. The monoisotopic (exact) mass is 253 g/mol. The third kappa shape index (κ3) is 1.55. The fourth-order valence-electron chi connectivity index (χ4n) is 2.16. The van der Waals surface area contributed by atoms with Gasteiger partial charge in [-0.15, -0.1) is 0 Å². The van der Waals surface area contributed by atoms with Crippen molar-refractivity contribution in [2.24, 2.45) is 0 Å². The van der Waals surface area contributed by atoms with Gasteiger partial charge in [0.2, 0.25) is 0 Å². The summed E-state index contributed by atoms with van der Waals surface area (Å²) in [5.41, 5.74) is 13.4. The van der Waals surface area contributed by atoms with E-state index in [9.17, 15) is 9.59 Å². The number of amides is 2. The summed E-state index contributed by atoms with van der Waals surface area (Å²) < 4.78 is 0. The first-order valence-corrected chi connectivity index (χ1v) is 5.72. The van der Waals surface area contributed by atoms with Gasteiger partial charge in [0.1, 0.15) is 0 Å². The molecule has 1 aliphatic rings. The van der Waals surface area contributed by atoms with Gasteiger partial charge in [-0.25, -0.2) is 4.90 Å². The Morgan fingerprint density at radius 1 is 0.842 bits per heavy atom. The zero-order chi connectivity index (χ0) is 13.6. The van der Waals surface area contributed by atoms with Crippen molar-refractivity contribution in [3.8, 4) is 0 Å². The Hall–Kier alpha value is -2.82. The number of nitrogen functional groups attached to an aromatic ring is 2. The molecule has 0 saturated heterocycles. The maximum absolute atomic E-state index is 12.3. The standard InChI is InChI=1S/C14H11N3O2/c15-8-5-6-11(16)12(7-8)17-13(18)9-3-1-2-4-10(9)14(17)19/h1-7H,15-16H2. The van der Waals surface area contributed by atoms with Crippen LogP contribution in [0.2, 0.25) is 0 Å². The second-order valence-electron chi connectivity index (χ2n) is 4.31. The van der Waals surface area contributed by atoms with Crippen LogP contribution >= 0.6 is 0 Å². The largest absolute Gasteiger partial charge is 0.399 e. The molecule has 0 saturated carbocycles. The second-order valence-corrected chi connectivity index (χ2v) is 4.31. The molecule has 0 atom stereocenters. The molecule has 0 radical (unpaired) electrons. The summed E-state index contributed by atoms with van der Waals surface area (Å²) in [6, 6.07) is 11.4. The van der Waals surface area contributed by atoms with Gasteiger partial charge < -0.3 is 11.5 Å². The minimum absolute atomic E-state index is 0.325. The molecule has 5 nitrogen and oxygen atoms in total. The lowest BCUT2D eigenvalue weighted by Crippen LogP contribution is -2.30. The number of anilines is 3. The molecular weight excluding hydrogens is 242 g/mol. The Morgan fingerprint density at radius 3 is 2.00 bits per heavy atom. The van der Waals surface area contributed by atoms with Crippen LogP contribution in [0.1, 0.15) is 20.7 Å². The van der Waals surface area contributed by atoms with Crippen molar-refractivity contribution in [1.82, 2.24) is 0 Å². The van der Waals surface area contributed by atoms with E-state index in [4.69, 9.17) is 11.5 Å². The van der Waals surface area contributed by atoms with Crippen molar-refractivity contribution >= 4 is 28.9 Å². The van der Waals surface area contributed by atoms with E-state index < -0.39 is 0 Å². The molecule has 2 amide bonds. The molecule has 2 aromatic carbocycles. The zero-order valence-corrected chi connectivity index (χ0v) is 9.96. The Morgan fingerprint density at radius 2 is 1.42 bits per heavy atom. The highest BCUT2D eigenvalue weighted by atomic mass is 16.2. The Kier molecular flexibility index (Phi) is 2.28. The highest BCUT2D eigenvalue weighted by molar-refractivity contribution is 6.35. The van der Waals surface area contributed by atoms with Crippen LogP contribution in [0.15, 0.2) is 42.5 Å². The quantitative estimate of drug-likeness (QED) is 0.597. The van der Waals surface area contributed by atoms with E-state index in [1.807, 2.05) is 0 Å². The number of imide groups is 1. The lowest BCUT2D eigenvalue weighted by atomic mass is 10.1. The number of nitrogens with two attached hydrogens (primary N) is 2. The van der Waals surface area contributed by atoms with E-state index in [0.717, 1.165) is 4.90 Å². The van der Waals surface area contributed by atoms with E-state index in [2.05, 4.69) is 0 Å². The number of fused-ring (bicyclic) bond motifs is 1. The molecule has 2 aromatic rings. The van der Waals surface area contributed by atoms with Crippen molar-refractivity contribution in [2.45, 2.75) is 0 Å². The highest BCUT2D eigenvalue weighted by Crippen LogP contribution is 2.33. The molecule has 94 valence electrons. The maximum atomic E-state index is 12.3. The van der Waals surface area contributed by atoms with Crippen molar-refractivity contribution in [3.05, 3.63) is 53.6 Å². The number of hydrogen-bond acceptors (Lipinski definition) is 4. The summed E-state index contributed by atoms with van der Waals surface area (Å²) in [7, 11) is 0. The van der Waals surface area contributed by atoms with Crippen LogP contribution in [-0.4, -0.2) is 11.8 Å².